The Bertz CT molecular complexity index is 1220. The molecule has 2 aromatic carbocycles. The highest BCUT2D eigenvalue weighted by molar-refractivity contribution is 7.89. The third-order valence-electron chi connectivity index (χ3n) is 5.30. The minimum Gasteiger partial charge on any atom is -0.340 e. The maximum atomic E-state index is 12.9. The molecule has 0 unspecified atom stereocenters. The number of alkyl halides is 3. The molecule has 3 aromatic rings. The summed E-state index contributed by atoms with van der Waals surface area (Å²) in [4.78, 5) is 13.8. The van der Waals surface area contributed by atoms with Gasteiger partial charge in [-0.1, -0.05) is 18.2 Å². The molecular formula is C20H19F3N6O3S. The summed E-state index contributed by atoms with van der Waals surface area (Å²) in [6.45, 7) is 0.310. The molecule has 174 valence electrons. The SMILES string of the molecule is O=C(Cc1ccc(-n2cnnn2)cc1)N1CCN(S(=O)(=O)c2cccc(C(F)(F)F)c2)CC1. The number of hydrogen-bond acceptors (Lipinski definition) is 6. The van der Waals surface area contributed by atoms with Crippen molar-refractivity contribution in [2.45, 2.75) is 17.5 Å². The molecule has 9 nitrogen and oxygen atoms in total. The van der Waals surface area contributed by atoms with E-state index in [0.29, 0.717) is 6.07 Å². The van der Waals surface area contributed by atoms with E-state index in [0.717, 1.165) is 33.8 Å². The monoisotopic (exact) mass is 480 g/mol. The highest BCUT2D eigenvalue weighted by Crippen LogP contribution is 2.31. The lowest BCUT2D eigenvalue weighted by Crippen LogP contribution is -2.50. The number of hydrogen-bond donors (Lipinski definition) is 0. The molecule has 0 saturated carbocycles. The summed E-state index contributed by atoms with van der Waals surface area (Å²) in [6, 6.07) is 10.8. The molecule has 13 heteroatoms. The summed E-state index contributed by atoms with van der Waals surface area (Å²) in [7, 11) is -4.10. The lowest BCUT2D eigenvalue weighted by Gasteiger charge is -2.34. The summed E-state index contributed by atoms with van der Waals surface area (Å²) in [6.07, 6.45) is -3.05. The van der Waals surface area contributed by atoms with Crippen LogP contribution in [0, 0.1) is 0 Å². The van der Waals surface area contributed by atoms with Gasteiger partial charge in [0.2, 0.25) is 15.9 Å². The Morgan fingerprint density at radius 1 is 1.00 bits per heavy atom. The smallest absolute Gasteiger partial charge is 0.340 e. The largest absolute Gasteiger partial charge is 0.416 e. The third-order valence-corrected chi connectivity index (χ3v) is 7.19. The van der Waals surface area contributed by atoms with Gasteiger partial charge in [-0.3, -0.25) is 4.79 Å². The molecule has 0 N–H and O–H groups in total. The van der Waals surface area contributed by atoms with Crippen LogP contribution in [0.1, 0.15) is 11.1 Å². The van der Waals surface area contributed by atoms with Gasteiger partial charge in [0.05, 0.1) is 22.6 Å². The first kappa shape index (κ1) is 22.9. The molecule has 0 aliphatic carbocycles. The first-order valence-corrected chi connectivity index (χ1v) is 11.4. The van der Waals surface area contributed by atoms with Crippen molar-refractivity contribution in [3.63, 3.8) is 0 Å². The van der Waals surface area contributed by atoms with Crippen molar-refractivity contribution in [1.82, 2.24) is 29.4 Å². The number of rotatable bonds is 5. The van der Waals surface area contributed by atoms with E-state index in [2.05, 4.69) is 15.5 Å². The lowest BCUT2D eigenvalue weighted by atomic mass is 10.1. The Hall–Kier alpha value is -3.32. The average molecular weight is 480 g/mol. The van der Waals surface area contributed by atoms with Gasteiger partial charge in [-0.2, -0.15) is 17.5 Å². The van der Waals surface area contributed by atoms with Crippen molar-refractivity contribution in [3.8, 4) is 5.69 Å². The Morgan fingerprint density at radius 2 is 1.70 bits per heavy atom. The minimum absolute atomic E-state index is 0.00254. The molecule has 1 aromatic heterocycles. The van der Waals surface area contributed by atoms with E-state index in [1.165, 1.54) is 11.0 Å². The lowest BCUT2D eigenvalue weighted by molar-refractivity contribution is -0.137. The number of aromatic nitrogens is 4. The highest BCUT2D eigenvalue weighted by Gasteiger charge is 2.34. The van der Waals surface area contributed by atoms with E-state index in [-0.39, 0.29) is 38.5 Å². The molecule has 33 heavy (non-hydrogen) atoms. The maximum absolute atomic E-state index is 12.9. The summed E-state index contributed by atoms with van der Waals surface area (Å²) >= 11 is 0. The second kappa shape index (κ2) is 8.90. The minimum atomic E-state index is -4.64. The predicted octanol–water partition coefficient (Wildman–Crippen LogP) is 1.76. The van der Waals surface area contributed by atoms with Gasteiger partial charge in [0, 0.05) is 26.2 Å². The van der Waals surface area contributed by atoms with Crippen molar-refractivity contribution >= 4 is 15.9 Å². The van der Waals surface area contributed by atoms with Crippen LogP contribution in [0.4, 0.5) is 13.2 Å². The van der Waals surface area contributed by atoms with Crippen LogP contribution in [-0.4, -0.2) is 69.9 Å². The number of piperazine rings is 1. The van der Waals surface area contributed by atoms with E-state index < -0.39 is 26.7 Å². The van der Waals surface area contributed by atoms with Crippen LogP contribution in [-0.2, 0) is 27.4 Å². The molecule has 1 saturated heterocycles. The van der Waals surface area contributed by atoms with Crippen LogP contribution >= 0.6 is 0 Å². The second-order valence-electron chi connectivity index (χ2n) is 7.41. The fourth-order valence-corrected chi connectivity index (χ4v) is 4.96. The number of halogens is 3. The highest BCUT2D eigenvalue weighted by atomic mass is 32.2. The van der Waals surface area contributed by atoms with Gasteiger partial charge in [-0.05, 0) is 46.3 Å². The summed E-state index contributed by atoms with van der Waals surface area (Å²) in [5, 5.41) is 10.9. The van der Waals surface area contributed by atoms with E-state index in [1.54, 1.807) is 29.2 Å². The van der Waals surface area contributed by atoms with Crippen molar-refractivity contribution in [2.75, 3.05) is 26.2 Å². The van der Waals surface area contributed by atoms with E-state index in [9.17, 15) is 26.4 Å². The molecule has 0 atom stereocenters. The Morgan fingerprint density at radius 3 is 2.30 bits per heavy atom. The normalized spacial score (nSPS) is 15.5. The van der Waals surface area contributed by atoms with E-state index in [1.807, 2.05) is 0 Å². The molecule has 0 bridgehead atoms. The molecule has 0 spiro atoms. The van der Waals surface area contributed by atoms with E-state index in [4.69, 9.17) is 0 Å². The zero-order valence-electron chi connectivity index (χ0n) is 17.2. The van der Waals surface area contributed by atoms with Crippen LogP contribution in [0.25, 0.3) is 5.69 Å². The fraction of sp³-hybridized carbons (Fsp3) is 0.300. The molecular weight excluding hydrogens is 461 g/mol. The standard InChI is InChI=1S/C20H19F3N6O3S/c21-20(22,23)16-2-1-3-18(13-16)33(31,32)28-10-8-27(9-11-28)19(30)12-15-4-6-17(7-5-15)29-14-24-25-26-29/h1-7,13-14H,8-12H2. The fourth-order valence-electron chi connectivity index (χ4n) is 3.49. The summed E-state index contributed by atoms with van der Waals surface area (Å²) in [5.74, 6) is -0.165. The third kappa shape index (κ3) is 5.03. The predicted molar refractivity (Wildman–Crippen MR) is 110 cm³/mol. The topological polar surface area (TPSA) is 101 Å². The number of amides is 1. The van der Waals surface area contributed by atoms with Gasteiger partial charge in [0.25, 0.3) is 0 Å². The molecule has 1 aliphatic heterocycles. The first-order chi connectivity index (χ1) is 15.6. The quantitative estimate of drug-likeness (QED) is 0.552. The average Bonchev–Trinajstić information content (AvgIpc) is 3.34. The molecule has 1 fully saturated rings. The first-order valence-electron chi connectivity index (χ1n) is 9.92. The van der Waals surface area contributed by atoms with Crippen LogP contribution in [0.2, 0.25) is 0 Å². The number of nitrogens with zero attached hydrogens (tertiary/aromatic N) is 6. The van der Waals surface area contributed by atoms with Crippen LogP contribution in [0.5, 0.6) is 0 Å². The summed E-state index contributed by atoms with van der Waals surface area (Å²) < 4.78 is 67.0. The van der Waals surface area contributed by atoms with Crippen molar-refractivity contribution < 1.29 is 26.4 Å². The Balaban J connectivity index is 1.37. The number of carbonyl (C=O) groups is 1. The van der Waals surface area contributed by atoms with Gasteiger partial charge in [0.1, 0.15) is 6.33 Å². The number of sulfonamides is 1. The van der Waals surface area contributed by atoms with Crippen molar-refractivity contribution in [3.05, 3.63) is 66.0 Å². The number of carbonyl (C=O) groups excluding carboxylic acids is 1. The molecule has 4 rings (SSSR count). The molecule has 1 amide bonds. The van der Waals surface area contributed by atoms with Gasteiger partial charge >= 0.3 is 6.18 Å². The Labute approximate surface area is 187 Å². The zero-order chi connectivity index (χ0) is 23.6. The molecule has 1 aliphatic rings. The zero-order valence-corrected chi connectivity index (χ0v) is 18.0. The van der Waals surface area contributed by atoms with Gasteiger partial charge < -0.3 is 4.90 Å². The Kier molecular flexibility index (Phi) is 6.17. The van der Waals surface area contributed by atoms with Crippen molar-refractivity contribution in [1.29, 1.82) is 0 Å². The molecule has 2 heterocycles. The molecule has 0 radical (unpaired) electrons. The second-order valence-corrected chi connectivity index (χ2v) is 9.35. The van der Waals surface area contributed by atoms with Crippen molar-refractivity contribution in [2.24, 2.45) is 0 Å². The number of benzene rings is 2. The number of tetrazole rings is 1. The van der Waals surface area contributed by atoms with Crippen LogP contribution in [0.3, 0.4) is 0 Å². The van der Waals surface area contributed by atoms with Gasteiger partial charge in [0.15, 0.2) is 0 Å². The van der Waals surface area contributed by atoms with Gasteiger partial charge in [-0.15, -0.1) is 5.10 Å². The maximum Gasteiger partial charge on any atom is 0.416 e. The van der Waals surface area contributed by atoms with Crippen LogP contribution < -0.4 is 0 Å². The van der Waals surface area contributed by atoms with E-state index >= 15 is 0 Å². The summed E-state index contributed by atoms with van der Waals surface area (Å²) in [5.41, 5.74) is 0.490. The van der Waals surface area contributed by atoms with Crippen LogP contribution in [0.15, 0.2) is 59.8 Å². The van der Waals surface area contributed by atoms with Gasteiger partial charge in [-0.25, -0.2) is 13.1 Å².